The van der Waals surface area contributed by atoms with Crippen LogP contribution >= 0.6 is 0 Å². The van der Waals surface area contributed by atoms with Gasteiger partial charge in [-0.05, 0) is 23.5 Å². The Morgan fingerprint density at radius 1 is 1.35 bits per heavy atom. The molecule has 17 heavy (non-hydrogen) atoms. The zero-order valence-corrected chi connectivity index (χ0v) is 11.0. The molecule has 1 aromatic rings. The van der Waals surface area contributed by atoms with Gasteiger partial charge in [-0.2, -0.15) is 0 Å². The van der Waals surface area contributed by atoms with Gasteiger partial charge in [0.25, 0.3) is 0 Å². The van der Waals surface area contributed by atoms with E-state index in [1.54, 1.807) is 5.56 Å². The number of hydrogen-bond donors (Lipinski definition) is 1. The van der Waals surface area contributed by atoms with Crippen molar-refractivity contribution in [3.63, 3.8) is 0 Å². The zero-order chi connectivity index (χ0) is 12.3. The number of fused-ring (bicyclic) bond motifs is 1. The Balaban J connectivity index is 1.92. The van der Waals surface area contributed by atoms with Crippen LogP contribution in [0, 0.1) is 5.92 Å². The largest absolute Gasteiger partial charge is 0.329 e. The van der Waals surface area contributed by atoms with Gasteiger partial charge >= 0.3 is 0 Å². The molecule has 1 aromatic carbocycles. The summed E-state index contributed by atoms with van der Waals surface area (Å²) in [6, 6.07) is 8.82. The lowest BCUT2D eigenvalue weighted by molar-refractivity contribution is 0.228. The standard InChI is InChI=1S/C15H24N2/c1-12(2)10-17(8-7-16)11-14-9-13-5-3-4-6-15(13)14/h3-6,12,14H,7-11,16H2,1-2H3. The normalized spacial score (nSPS) is 18.3. The highest BCUT2D eigenvalue weighted by Crippen LogP contribution is 2.35. The van der Waals surface area contributed by atoms with Crippen LogP contribution < -0.4 is 5.73 Å². The van der Waals surface area contributed by atoms with Crippen molar-refractivity contribution in [2.45, 2.75) is 26.2 Å². The molecule has 0 heterocycles. The van der Waals surface area contributed by atoms with E-state index in [2.05, 4.69) is 43.0 Å². The summed E-state index contributed by atoms with van der Waals surface area (Å²) < 4.78 is 0. The molecule has 0 amide bonds. The third-order valence-corrected chi connectivity index (χ3v) is 3.51. The van der Waals surface area contributed by atoms with E-state index in [9.17, 15) is 0 Å². The van der Waals surface area contributed by atoms with Crippen LogP contribution in [-0.2, 0) is 6.42 Å². The van der Waals surface area contributed by atoms with Crippen LogP contribution in [0.15, 0.2) is 24.3 Å². The molecule has 0 radical (unpaired) electrons. The molecule has 1 aliphatic carbocycles. The Morgan fingerprint density at radius 3 is 2.76 bits per heavy atom. The van der Waals surface area contributed by atoms with Gasteiger partial charge in [-0.25, -0.2) is 0 Å². The lowest BCUT2D eigenvalue weighted by atomic mass is 9.77. The minimum absolute atomic E-state index is 0.719. The van der Waals surface area contributed by atoms with Crippen LogP contribution in [0.25, 0.3) is 0 Å². The number of rotatable bonds is 6. The van der Waals surface area contributed by atoms with Crippen LogP contribution in [0.1, 0.15) is 30.9 Å². The first-order valence-corrected chi connectivity index (χ1v) is 6.71. The van der Waals surface area contributed by atoms with Crippen molar-refractivity contribution in [3.8, 4) is 0 Å². The van der Waals surface area contributed by atoms with Gasteiger partial charge in [0.15, 0.2) is 0 Å². The molecule has 0 bridgehead atoms. The number of nitrogens with zero attached hydrogens (tertiary/aromatic N) is 1. The summed E-state index contributed by atoms with van der Waals surface area (Å²) in [6.07, 6.45) is 1.25. The van der Waals surface area contributed by atoms with E-state index in [0.717, 1.165) is 31.5 Å². The summed E-state index contributed by atoms with van der Waals surface area (Å²) in [5.41, 5.74) is 8.78. The van der Waals surface area contributed by atoms with E-state index in [1.165, 1.54) is 18.5 Å². The molecule has 1 unspecified atom stereocenters. The first-order chi connectivity index (χ1) is 8.20. The smallest absolute Gasteiger partial charge is 0.0105 e. The van der Waals surface area contributed by atoms with Crippen LogP contribution in [0.2, 0.25) is 0 Å². The monoisotopic (exact) mass is 232 g/mol. The molecule has 2 N–H and O–H groups in total. The van der Waals surface area contributed by atoms with Crippen molar-refractivity contribution < 1.29 is 0 Å². The van der Waals surface area contributed by atoms with Gasteiger partial charge in [0, 0.05) is 32.1 Å². The van der Waals surface area contributed by atoms with E-state index in [1.807, 2.05) is 0 Å². The Hall–Kier alpha value is -0.860. The summed E-state index contributed by atoms with van der Waals surface area (Å²) in [5.74, 6) is 1.45. The van der Waals surface area contributed by atoms with Crippen molar-refractivity contribution in [1.29, 1.82) is 0 Å². The number of benzene rings is 1. The van der Waals surface area contributed by atoms with Gasteiger partial charge in [0.2, 0.25) is 0 Å². The molecule has 1 aliphatic rings. The maximum Gasteiger partial charge on any atom is 0.0105 e. The topological polar surface area (TPSA) is 29.3 Å². The minimum atomic E-state index is 0.719. The summed E-state index contributed by atoms with van der Waals surface area (Å²) in [5, 5.41) is 0. The van der Waals surface area contributed by atoms with Crippen LogP contribution in [0.3, 0.4) is 0 Å². The molecule has 2 nitrogen and oxygen atoms in total. The van der Waals surface area contributed by atoms with Gasteiger partial charge in [-0.1, -0.05) is 38.1 Å². The van der Waals surface area contributed by atoms with Gasteiger partial charge in [-0.3, -0.25) is 0 Å². The molecule has 2 heteroatoms. The molecule has 0 saturated heterocycles. The summed E-state index contributed by atoms with van der Waals surface area (Å²) in [4.78, 5) is 2.52. The van der Waals surface area contributed by atoms with Crippen molar-refractivity contribution in [2.24, 2.45) is 11.7 Å². The second-order valence-electron chi connectivity index (χ2n) is 5.54. The molecule has 0 fully saturated rings. The molecular weight excluding hydrogens is 208 g/mol. The molecule has 0 saturated carbocycles. The minimum Gasteiger partial charge on any atom is -0.329 e. The Morgan fingerprint density at radius 2 is 2.12 bits per heavy atom. The van der Waals surface area contributed by atoms with Crippen LogP contribution in [-0.4, -0.2) is 31.1 Å². The molecular formula is C15H24N2. The Bertz CT molecular complexity index is 360. The average Bonchev–Trinajstić information content (AvgIpc) is 2.25. The highest BCUT2D eigenvalue weighted by atomic mass is 15.1. The quantitative estimate of drug-likeness (QED) is 0.815. The van der Waals surface area contributed by atoms with E-state index in [-0.39, 0.29) is 0 Å². The van der Waals surface area contributed by atoms with Crippen molar-refractivity contribution in [1.82, 2.24) is 4.90 Å². The second-order valence-corrected chi connectivity index (χ2v) is 5.54. The lowest BCUT2D eigenvalue weighted by Crippen LogP contribution is -2.38. The predicted octanol–water partition coefficient (Wildman–Crippen LogP) is 2.24. The molecule has 0 spiro atoms. The molecule has 1 atom stereocenters. The van der Waals surface area contributed by atoms with Crippen molar-refractivity contribution in [2.75, 3.05) is 26.2 Å². The second kappa shape index (κ2) is 5.65. The van der Waals surface area contributed by atoms with Crippen molar-refractivity contribution in [3.05, 3.63) is 35.4 Å². The first-order valence-electron chi connectivity index (χ1n) is 6.71. The molecule has 0 aliphatic heterocycles. The predicted molar refractivity (Wildman–Crippen MR) is 73.2 cm³/mol. The fraction of sp³-hybridized carbons (Fsp3) is 0.600. The molecule has 0 aromatic heterocycles. The highest BCUT2D eigenvalue weighted by molar-refractivity contribution is 5.40. The third kappa shape index (κ3) is 3.08. The summed E-state index contributed by atoms with van der Waals surface area (Å²) in [6.45, 7) is 8.68. The maximum absolute atomic E-state index is 5.69. The maximum atomic E-state index is 5.69. The van der Waals surface area contributed by atoms with Gasteiger partial charge in [0.05, 0.1) is 0 Å². The zero-order valence-electron chi connectivity index (χ0n) is 11.0. The van der Waals surface area contributed by atoms with Gasteiger partial charge < -0.3 is 10.6 Å². The van der Waals surface area contributed by atoms with Gasteiger partial charge in [-0.15, -0.1) is 0 Å². The Labute approximate surface area is 105 Å². The highest BCUT2D eigenvalue weighted by Gasteiger charge is 2.27. The van der Waals surface area contributed by atoms with Gasteiger partial charge in [0.1, 0.15) is 0 Å². The molecule has 2 rings (SSSR count). The van der Waals surface area contributed by atoms with E-state index in [0.29, 0.717) is 0 Å². The lowest BCUT2D eigenvalue weighted by Gasteiger charge is -2.35. The first kappa shape index (κ1) is 12.6. The molecule has 94 valence electrons. The number of hydrogen-bond acceptors (Lipinski definition) is 2. The van der Waals surface area contributed by atoms with E-state index >= 15 is 0 Å². The fourth-order valence-corrected chi connectivity index (χ4v) is 2.79. The van der Waals surface area contributed by atoms with E-state index < -0.39 is 0 Å². The number of nitrogens with two attached hydrogens (primary N) is 1. The SMILES string of the molecule is CC(C)CN(CCN)CC1Cc2ccccc21. The fourth-order valence-electron chi connectivity index (χ4n) is 2.79. The Kier molecular flexibility index (Phi) is 4.19. The van der Waals surface area contributed by atoms with Crippen LogP contribution in [0.5, 0.6) is 0 Å². The third-order valence-electron chi connectivity index (χ3n) is 3.51. The van der Waals surface area contributed by atoms with E-state index in [4.69, 9.17) is 5.73 Å². The van der Waals surface area contributed by atoms with Crippen LogP contribution in [0.4, 0.5) is 0 Å². The summed E-state index contributed by atoms with van der Waals surface area (Å²) >= 11 is 0. The summed E-state index contributed by atoms with van der Waals surface area (Å²) in [7, 11) is 0. The average molecular weight is 232 g/mol. The van der Waals surface area contributed by atoms with Crippen molar-refractivity contribution >= 4 is 0 Å².